The van der Waals surface area contributed by atoms with E-state index in [2.05, 4.69) is 22.2 Å². The Labute approximate surface area is 153 Å². The Morgan fingerprint density at radius 3 is 2.54 bits per heavy atom. The number of ether oxygens (including phenoxy) is 1. The molecule has 5 heteroatoms. The number of fused-ring (bicyclic) bond motifs is 1. The number of rotatable bonds is 6. The summed E-state index contributed by atoms with van der Waals surface area (Å²) in [7, 11) is 0. The van der Waals surface area contributed by atoms with Crippen molar-refractivity contribution in [2.75, 3.05) is 11.9 Å². The van der Waals surface area contributed by atoms with E-state index in [-0.39, 0.29) is 5.69 Å². The molecule has 0 aliphatic heterocycles. The summed E-state index contributed by atoms with van der Waals surface area (Å²) >= 11 is 0. The highest BCUT2D eigenvalue weighted by atomic mass is 16.5. The first-order chi connectivity index (χ1) is 12.6. The number of carbonyl (C=O) groups is 1. The Morgan fingerprint density at radius 1 is 1.08 bits per heavy atom. The molecule has 0 amide bonds. The van der Waals surface area contributed by atoms with Gasteiger partial charge in [0.25, 0.3) is 0 Å². The predicted molar refractivity (Wildman–Crippen MR) is 104 cm³/mol. The van der Waals surface area contributed by atoms with Gasteiger partial charge < -0.3 is 10.1 Å². The maximum Gasteiger partial charge on any atom is 0.360 e. The molecule has 0 saturated heterocycles. The molecule has 1 N–H and O–H groups in total. The van der Waals surface area contributed by atoms with Crippen LogP contribution >= 0.6 is 0 Å². The van der Waals surface area contributed by atoms with Gasteiger partial charge in [-0.25, -0.2) is 14.8 Å². The highest BCUT2D eigenvalue weighted by molar-refractivity contribution is 5.96. The second kappa shape index (κ2) is 7.95. The maximum atomic E-state index is 12.6. The molecular weight excluding hydrogens is 326 g/mol. The first kappa shape index (κ1) is 17.9. The minimum Gasteiger partial charge on any atom is -0.461 e. The van der Waals surface area contributed by atoms with Crippen molar-refractivity contribution in [1.82, 2.24) is 9.97 Å². The van der Waals surface area contributed by atoms with Gasteiger partial charge in [-0.05, 0) is 49.6 Å². The summed E-state index contributed by atoms with van der Waals surface area (Å²) in [5.74, 6) is -0.0385. The summed E-state index contributed by atoms with van der Waals surface area (Å²) in [6, 6.07) is 13.6. The SMILES string of the molecule is CCCCOC(=O)c1nc2ccccc2nc1Nc1cc(C)ccc1C. The molecule has 5 nitrogen and oxygen atoms in total. The van der Waals surface area contributed by atoms with Crippen molar-refractivity contribution in [3.05, 3.63) is 59.3 Å². The van der Waals surface area contributed by atoms with Crippen molar-refractivity contribution in [3.8, 4) is 0 Å². The highest BCUT2D eigenvalue weighted by Gasteiger charge is 2.18. The lowest BCUT2D eigenvalue weighted by Crippen LogP contribution is -2.13. The molecule has 0 radical (unpaired) electrons. The zero-order chi connectivity index (χ0) is 18.5. The molecule has 0 spiro atoms. The fourth-order valence-electron chi connectivity index (χ4n) is 2.61. The van der Waals surface area contributed by atoms with Crippen LogP contribution in [0.1, 0.15) is 41.4 Å². The number of anilines is 2. The van der Waals surface area contributed by atoms with Crippen LogP contribution in [0.3, 0.4) is 0 Å². The average molecular weight is 349 g/mol. The van der Waals surface area contributed by atoms with Crippen molar-refractivity contribution < 1.29 is 9.53 Å². The number of unbranched alkanes of at least 4 members (excludes halogenated alkanes) is 1. The number of nitrogens with one attached hydrogen (secondary N) is 1. The van der Waals surface area contributed by atoms with Crippen LogP contribution in [0, 0.1) is 13.8 Å². The molecule has 2 aromatic carbocycles. The number of hydrogen-bond acceptors (Lipinski definition) is 5. The molecule has 1 aromatic heterocycles. The van der Waals surface area contributed by atoms with Crippen molar-refractivity contribution >= 4 is 28.5 Å². The average Bonchev–Trinajstić information content (AvgIpc) is 2.64. The zero-order valence-electron chi connectivity index (χ0n) is 15.4. The summed E-state index contributed by atoms with van der Waals surface area (Å²) in [6.45, 7) is 6.47. The predicted octanol–water partition coefficient (Wildman–Crippen LogP) is 4.95. The van der Waals surface area contributed by atoms with E-state index in [9.17, 15) is 4.79 Å². The third-order valence-electron chi connectivity index (χ3n) is 4.14. The molecule has 0 aliphatic rings. The molecular formula is C21H23N3O2. The van der Waals surface area contributed by atoms with Gasteiger partial charge in [-0.2, -0.15) is 0 Å². The number of aromatic nitrogens is 2. The first-order valence-electron chi connectivity index (χ1n) is 8.86. The molecule has 1 heterocycles. The van der Waals surface area contributed by atoms with Crippen LogP contribution in [0.15, 0.2) is 42.5 Å². The van der Waals surface area contributed by atoms with Gasteiger partial charge in [0.1, 0.15) is 0 Å². The van der Waals surface area contributed by atoms with Crippen LogP contribution in [0.2, 0.25) is 0 Å². The topological polar surface area (TPSA) is 64.1 Å². The molecule has 0 atom stereocenters. The molecule has 26 heavy (non-hydrogen) atoms. The Hall–Kier alpha value is -2.95. The van der Waals surface area contributed by atoms with E-state index < -0.39 is 5.97 Å². The number of esters is 1. The zero-order valence-corrected chi connectivity index (χ0v) is 15.4. The van der Waals surface area contributed by atoms with Gasteiger partial charge in [0, 0.05) is 5.69 Å². The van der Waals surface area contributed by atoms with Crippen molar-refractivity contribution in [1.29, 1.82) is 0 Å². The minimum absolute atomic E-state index is 0.209. The Kier molecular flexibility index (Phi) is 5.46. The molecule has 0 aliphatic carbocycles. The standard InChI is InChI=1S/C21H23N3O2/c1-4-5-12-26-21(25)19-20(23-17-9-7-6-8-16(17)22-19)24-18-13-14(2)10-11-15(18)3/h6-11,13H,4-5,12H2,1-3H3,(H,23,24). The molecule has 3 aromatic rings. The summed E-state index contributed by atoms with van der Waals surface area (Å²) in [4.78, 5) is 21.7. The van der Waals surface area contributed by atoms with E-state index in [0.717, 1.165) is 35.2 Å². The van der Waals surface area contributed by atoms with Gasteiger partial charge in [-0.3, -0.25) is 0 Å². The monoisotopic (exact) mass is 349 g/mol. The van der Waals surface area contributed by atoms with Gasteiger partial charge >= 0.3 is 5.97 Å². The summed E-state index contributed by atoms with van der Waals surface area (Å²) in [5, 5.41) is 3.27. The number of carbonyl (C=O) groups excluding carboxylic acids is 1. The third-order valence-corrected chi connectivity index (χ3v) is 4.14. The first-order valence-corrected chi connectivity index (χ1v) is 8.86. The van der Waals surface area contributed by atoms with Gasteiger partial charge in [0.2, 0.25) is 0 Å². The lowest BCUT2D eigenvalue weighted by Gasteiger charge is -2.13. The number of aryl methyl sites for hydroxylation is 2. The van der Waals surface area contributed by atoms with Gasteiger partial charge in [-0.1, -0.05) is 37.6 Å². The summed E-state index contributed by atoms with van der Waals surface area (Å²) in [6.07, 6.45) is 1.79. The quantitative estimate of drug-likeness (QED) is 0.504. The smallest absolute Gasteiger partial charge is 0.360 e. The van der Waals surface area contributed by atoms with E-state index in [0.29, 0.717) is 17.9 Å². The minimum atomic E-state index is -0.454. The van der Waals surface area contributed by atoms with E-state index in [1.165, 1.54) is 0 Å². The molecule has 0 unspecified atom stereocenters. The van der Waals surface area contributed by atoms with Crippen LogP contribution < -0.4 is 5.32 Å². The number of nitrogens with zero attached hydrogens (tertiary/aromatic N) is 2. The third kappa shape index (κ3) is 3.99. The van der Waals surface area contributed by atoms with E-state index in [1.807, 2.05) is 56.3 Å². The molecule has 3 rings (SSSR count). The van der Waals surface area contributed by atoms with Gasteiger partial charge in [-0.15, -0.1) is 0 Å². The van der Waals surface area contributed by atoms with E-state index in [1.54, 1.807) is 0 Å². The molecule has 134 valence electrons. The summed E-state index contributed by atoms with van der Waals surface area (Å²) < 4.78 is 5.37. The number of para-hydroxylation sites is 2. The number of hydrogen-bond donors (Lipinski definition) is 1. The van der Waals surface area contributed by atoms with Crippen molar-refractivity contribution in [2.24, 2.45) is 0 Å². The normalized spacial score (nSPS) is 10.7. The van der Waals surface area contributed by atoms with Crippen LogP contribution in [0.4, 0.5) is 11.5 Å². The van der Waals surface area contributed by atoms with Crippen LogP contribution in [-0.2, 0) is 4.74 Å². The fraction of sp³-hybridized carbons (Fsp3) is 0.286. The second-order valence-electron chi connectivity index (χ2n) is 6.34. The van der Waals surface area contributed by atoms with Crippen LogP contribution in [0.5, 0.6) is 0 Å². The lowest BCUT2D eigenvalue weighted by atomic mass is 10.1. The van der Waals surface area contributed by atoms with E-state index in [4.69, 9.17) is 4.74 Å². The largest absolute Gasteiger partial charge is 0.461 e. The molecule has 0 bridgehead atoms. The summed E-state index contributed by atoms with van der Waals surface area (Å²) in [5.41, 5.74) is 4.69. The fourth-order valence-corrected chi connectivity index (χ4v) is 2.61. The molecule has 0 saturated carbocycles. The van der Waals surface area contributed by atoms with E-state index >= 15 is 0 Å². The Morgan fingerprint density at radius 2 is 1.81 bits per heavy atom. The van der Waals surface area contributed by atoms with Crippen molar-refractivity contribution in [2.45, 2.75) is 33.6 Å². The maximum absolute atomic E-state index is 12.6. The Balaban J connectivity index is 2.02. The highest BCUT2D eigenvalue weighted by Crippen LogP contribution is 2.25. The lowest BCUT2D eigenvalue weighted by molar-refractivity contribution is 0.0494. The second-order valence-corrected chi connectivity index (χ2v) is 6.34. The van der Waals surface area contributed by atoms with Gasteiger partial charge in [0.05, 0.1) is 17.6 Å². The Bertz CT molecular complexity index is 938. The number of benzene rings is 2. The van der Waals surface area contributed by atoms with Gasteiger partial charge in [0.15, 0.2) is 11.5 Å². The van der Waals surface area contributed by atoms with Crippen molar-refractivity contribution in [3.63, 3.8) is 0 Å². The van der Waals surface area contributed by atoms with Crippen LogP contribution in [0.25, 0.3) is 11.0 Å². The van der Waals surface area contributed by atoms with Crippen LogP contribution in [-0.4, -0.2) is 22.5 Å². The molecule has 0 fully saturated rings.